The van der Waals surface area contributed by atoms with Crippen molar-refractivity contribution in [3.63, 3.8) is 0 Å². The maximum Gasteiger partial charge on any atom is 0.260 e. The van der Waals surface area contributed by atoms with Crippen LogP contribution < -0.4 is 9.80 Å². The van der Waals surface area contributed by atoms with E-state index in [1.165, 1.54) is 17.4 Å². The van der Waals surface area contributed by atoms with E-state index in [-0.39, 0.29) is 24.1 Å². The van der Waals surface area contributed by atoms with E-state index in [0.717, 1.165) is 43.1 Å². The number of amides is 1. The molecule has 174 valence electrons. The van der Waals surface area contributed by atoms with Crippen LogP contribution in [0.1, 0.15) is 38.1 Å². The Kier molecular flexibility index (Phi) is 9.87. The molecule has 1 heterocycles. The van der Waals surface area contributed by atoms with E-state index >= 15 is 0 Å². The molecule has 32 heavy (non-hydrogen) atoms. The normalized spacial score (nSPS) is 10.9. The van der Waals surface area contributed by atoms with Gasteiger partial charge in [0.25, 0.3) is 5.91 Å². The van der Waals surface area contributed by atoms with Crippen molar-refractivity contribution in [2.24, 2.45) is 0 Å². The molecule has 2 aromatic carbocycles. The van der Waals surface area contributed by atoms with Crippen molar-refractivity contribution >= 4 is 50.7 Å². The van der Waals surface area contributed by atoms with E-state index in [9.17, 15) is 9.18 Å². The SMILES string of the molecule is CCN(CC)CCN(C(=O)c1ccc(N(CC)CC)cc1)c1nc2c(F)cccc2s1.Cl. The van der Waals surface area contributed by atoms with E-state index in [0.29, 0.717) is 22.8 Å². The number of hydrogen-bond donors (Lipinski definition) is 0. The van der Waals surface area contributed by atoms with Crippen LogP contribution in [0.15, 0.2) is 42.5 Å². The van der Waals surface area contributed by atoms with Crippen molar-refractivity contribution in [3.05, 3.63) is 53.8 Å². The van der Waals surface area contributed by atoms with Crippen LogP contribution in [0.4, 0.5) is 15.2 Å². The van der Waals surface area contributed by atoms with Gasteiger partial charge in [-0.25, -0.2) is 9.37 Å². The summed E-state index contributed by atoms with van der Waals surface area (Å²) in [7, 11) is 0. The first-order valence-corrected chi connectivity index (χ1v) is 11.8. The highest BCUT2D eigenvalue weighted by atomic mass is 35.5. The molecule has 3 aromatic rings. The molecule has 1 aromatic heterocycles. The van der Waals surface area contributed by atoms with Gasteiger partial charge in [-0.1, -0.05) is 31.3 Å². The third kappa shape index (κ3) is 5.77. The van der Waals surface area contributed by atoms with Crippen molar-refractivity contribution in [2.45, 2.75) is 27.7 Å². The standard InChI is InChI=1S/C24H31FN4OS.ClH/c1-5-27(6-2)16-17-29(24-26-22-20(25)10-9-11-21(22)31-24)23(30)18-12-14-19(15-13-18)28(7-3)8-4;/h9-15H,5-8,16-17H2,1-4H3;1H. The number of rotatable bonds is 10. The van der Waals surface area contributed by atoms with Gasteiger partial charge in [0.2, 0.25) is 0 Å². The average Bonchev–Trinajstić information content (AvgIpc) is 3.23. The van der Waals surface area contributed by atoms with Gasteiger partial charge in [-0.2, -0.15) is 0 Å². The third-order valence-electron chi connectivity index (χ3n) is 5.61. The van der Waals surface area contributed by atoms with Crippen molar-refractivity contribution < 1.29 is 9.18 Å². The summed E-state index contributed by atoms with van der Waals surface area (Å²) in [5.74, 6) is -0.475. The molecule has 0 fully saturated rings. The summed E-state index contributed by atoms with van der Waals surface area (Å²) in [5, 5.41) is 0.532. The number of benzene rings is 2. The van der Waals surface area contributed by atoms with Gasteiger partial charge in [0.1, 0.15) is 11.3 Å². The molecule has 1 amide bonds. The molecular weight excluding hydrogens is 447 g/mol. The Morgan fingerprint density at radius 3 is 2.16 bits per heavy atom. The van der Waals surface area contributed by atoms with Crippen LogP contribution in [0, 0.1) is 5.82 Å². The molecule has 5 nitrogen and oxygen atoms in total. The second-order valence-electron chi connectivity index (χ2n) is 7.29. The van der Waals surface area contributed by atoms with Crippen LogP contribution >= 0.6 is 23.7 Å². The maximum absolute atomic E-state index is 14.2. The number of fused-ring (bicyclic) bond motifs is 1. The molecule has 0 aliphatic carbocycles. The highest BCUT2D eigenvalue weighted by Gasteiger charge is 2.23. The van der Waals surface area contributed by atoms with Crippen molar-refractivity contribution in [3.8, 4) is 0 Å². The van der Waals surface area contributed by atoms with Crippen molar-refractivity contribution in [1.29, 1.82) is 0 Å². The Bertz CT molecular complexity index is 1000. The van der Waals surface area contributed by atoms with E-state index in [1.807, 2.05) is 30.3 Å². The minimum Gasteiger partial charge on any atom is -0.372 e. The summed E-state index contributed by atoms with van der Waals surface area (Å²) in [6, 6.07) is 12.6. The molecule has 0 bridgehead atoms. The van der Waals surface area contributed by atoms with Gasteiger partial charge in [0, 0.05) is 37.4 Å². The van der Waals surface area contributed by atoms with E-state index in [2.05, 4.69) is 42.5 Å². The first-order valence-electron chi connectivity index (χ1n) is 11.0. The van der Waals surface area contributed by atoms with Gasteiger partial charge in [-0.3, -0.25) is 9.69 Å². The maximum atomic E-state index is 14.2. The molecule has 0 aliphatic heterocycles. The number of nitrogens with zero attached hydrogens (tertiary/aromatic N) is 4. The number of thiazole rings is 1. The molecule has 0 spiro atoms. The minimum absolute atomic E-state index is 0. The zero-order chi connectivity index (χ0) is 22.4. The Balaban J connectivity index is 0.00000363. The fourth-order valence-corrected chi connectivity index (χ4v) is 4.65. The van der Waals surface area contributed by atoms with Crippen LogP contribution in [-0.2, 0) is 0 Å². The van der Waals surface area contributed by atoms with Crippen molar-refractivity contribution in [2.75, 3.05) is 49.1 Å². The molecule has 0 unspecified atom stereocenters. The second kappa shape index (κ2) is 12.1. The predicted octanol–water partition coefficient (Wildman–Crippen LogP) is 5.69. The average molecular weight is 479 g/mol. The number of carbonyl (C=O) groups excluding carboxylic acids is 1. The van der Waals surface area contributed by atoms with Crippen LogP contribution in [0.3, 0.4) is 0 Å². The lowest BCUT2D eigenvalue weighted by Crippen LogP contribution is -2.38. The summed E-state index contributed by atoms with van der Waals surface area (Å²) in [6.45, 7) is 13.3. The molecule has 3 rings (SSSR count). The first-order chi connectivity index (χ1) is 15.0. The van der Waals surface area contributed by atoms with Crippen LogP contribution in [-0.4, -0.2) is 55.1 Å². The summed E-state index contributed by atoms with van der Waals surface area (Å²) < 4.78 is 15.0. The minimum atomic E-state index is -0.361. The topological polar surface area (TPSA) is 39.7 Å². The van der Waals surface area contributed by atoms with Crippen molar-refractivity contribution in [1.82, 2.24) is 9.88 Å². The number of anilines is 2. The predicted molar refractivity (Wildman–Crippen MR) is 136 cm³/mol. The molecular formula is C24H32ClFN4OS. The monoisotopic (exact) mass is 478 g/mol. The Labute approximate surface area is 200 Å². The molecule has 0 saturated heterocycles. The summed E-state index contributed by atoms with van der Waals surface area (Å²) in [6.07, 6.45) is 0. The van der Waals surface area contributed by atoms with Crippen LogP contribution in [0.25, 0.3) is 10.2 Å². The number of aromatic nitrogens is 1. The van der Waals surface area contributed by atoms with Gasteiger partial charge >= 0.3 is 0 Å². The fraction of sp³-hybridized carbons (Fsp3) is 0.417. The zero-order valence-electron chi connectivity index (χ0n) is 19.2. The first kappa shape index (κ1) is 26.0. The van der Waals surface area contributed by atoms with Gasteiger partial charge in [-0.05, 0) is 63.3 Å². The number of hydrogen-bond acceptors (Lipinski definition) is 5. The number of para-hydroxylation sites is 1. The van der Waals surface area contributed by atoms with Gasteiger partial charge < -0.3 is 9.80 Å². The van der Waals surface area contributed by atoms with E-state index in [4.69, 9.17) is 0 Å². The molecule has 0 radical (unpaired) electrons. The second-order valence-corrected chi connectivity index (χ2v) is 8.29. The molecule has 0 saturated carbocycles. The lowest BCUT2D eigenvalue weighted by molar-refractivity contribution is 0.0984. The fourth-order valence-electron chi connectivity index (χ4n) is 3.64. The lowest BCUT2D eigenvalue weighted by Gasteiger charge is -2.25. The van der Waals surface area contributed by atoms with Crippen LogP contribution in [0.5, 0.6) is 0 Å². The molecule has 8 heteroatoms. The smallest absolute Gasteiger partial charge is 0.260 e. The zero-order valence-corrected chi connectivity index (χ0v) is 20.8. The number of likely N-dealkylation sites (N-methyl/N-ethyl adjacent to an activating group) is 1. The molecule has 0 N–H and O–H groups in total. The van der Waals surface area contributed by atoms with Gasteiger partial charge in [-0.15, -0.1) is 12.4 Å². The lowest BCUT2D eigenvalue weighted by atomic mass is 10.1. The molecule has 0 aliphatic rings. The quantitative estimate of drug-likeness (QED) is 0.375. The molecule has 0 atom stereocenters. The third-order valence-corrected chi connectivity index (χ3v) is 6.66. The Hall–Kier alpha value is -2.22. The number of halogens is 2. The largest absolute Gasteiger partial charge is 0.372 e. The Morgan fingerprint density at radius 2 is 1.59 bits per heavy atom. The summed E-state index contributed by atoms with van der Waals surface area (Å²) >= 11 is 1.35. The summed E-state index contributed by atoms with van der Waals surface area (Å²) in [4.78, 5) is 24.2. The van der Waals surface area contributed by atoms with E-state index in [1.54, 1.807) is 11.0 Å². The number of carbonyl (C=O) groups is 1. The van der Waals surface area contributed by atoms with Crippen LogP contribution in [0.2, 0.25) is 0 Å². The highest BCUT2D eigenvalue weighted by Crippen LogP contribution is 2.31. The van der Waals surface area contributed by atoms with Gasteiger partial charge in [0.05, 0.1) is 4.70 Å². The van der Waals surface area contributed by atoms with Gasteiger partial charge in [0.15, 0.2) is 5.13 Å². The Morgan fingerprint density at radius 1 is 0.938 bits per heavy atom. The van der Waals surface area contributed by atoms with E-state index < -0.39 is 0 Å². The summed E-state index contributed by atoms with van der Waals surface area (Å²) in [5.41, 5.74) is 2.02. The highest BCUT2D eigenvalue weighted by molar-refractivity contribution is 7.22.